The normalized spacial score (nSPS) is 14.8. The molecule has 1 N–H and O–H groups in total. The lowest BCUT2D eigenvalue weighted by molar-refractivity contribution is 0.0723. The van der Waals surface area contributed by atoms with E-state index in [0.29, 0.717) is 17.8 Å². The van der Waals surface area contributed by atoms with Gasteiger partial charge in [-0.3, -0.25) is 4.79 Å². The highest BCUT2D eigenvalue weighted by atomic mass is 16.2. The molecule has 1 aromatic heterocycles. The minimum Gasteiger partial charge on any atom is -0.341 e. The first-order valence-corrected chi connectivity index (χ1v) is 7.82. The smallest absolute Gasteiger partial charge is 0.289 e. The van der Waals surface area contributed by atoms with Gasteiger partial charge in [-0.05, 0) is 34.9 Å². The molecule has 0 saturated carbocycles. The highest BCUT2D eigenvalue weighted by Crippen LogP contribution is 2.25. The summed E-state index contributed by atoms with van der Waals surface area (Å²) in [6.07, 6.45) is 5.29. The Bertz CT molecular complexity index is 668. The van der Waals surface area contributed by atoms with E-state index in [9.17, 15) is 4.79 Å². The van der Waals surface area contributed by atoms with Gasteiger partial charge in [0.05, 0.1) is 0 Å². The van der Waals surface area contributed by atoms with Crippen molar-refractivity contribution >= 4 is 5.91 Å². The molecule has 0 radical (unpaired) electrons. The van der Waals surface area contributed by atoms with Gasteiger partial charge >= 0.3 is 0 Å². The molecule has 0 atom stereocenters. The van der Waals surface area contributed by atoms with Crippen molar-refractivity contribution in [3.05, 3.63) is 53.1 Å². The first kappa shape index (κ1) is 14.8. The Morgan fingerprint density at radius 1 is 1.32 bits per heavy atom. The van der Waals surface area contributed by atoms with Crippen molar-refractivity contribution in [3.63, 3.8) is 0 Å². The molecule has 3 rings (SSSR count). The van der Waals surface area contributed by atoms with E-state index in [-0.39, 0.29) is 5.91 Å². The number of fused-ring (bicyclic) bond motifs is 1. The number of benzene rings is 1. The lowest BCUT2D eigenvalue weighted by Crippen LogP contribution is -2.36. The molecular weight excluding hydrogens is 274 g/mol. The number of nitrogens with one attached hydrogen (secondary N) is 1. The Kier molecular flexibility index (Phi) is 3.77. The average Bonchev–Trinajstić information content (AvgIpc) is 2.98. The molecule has 1 amide bonds. The number of nitrogens with zero attached hydrogens (tertiary/aromatic N) is 2. The zero-order valence-electron chi connectivity index (χ0n) is 13.5. The maximum Gasteiger partial charge on any atom is 0.289 e. The zero-order valence-corrected chi connectivity index (χ0v) is 13.5. The van der Waals surface area contributed by atoms with E-state index in [1.54, 1.807) is 12.4 Å². The molecule has 1 aliphatic rings. The summed E-state index contributed by atoms with van der Waals surface area (Å²) in [4.78, 5) is 21.2. The Morgan fingerprint density at radius 3 is 2.82 bits per heavy atom. The van der Waals surface area contributed by atoms with E-state index in [1.165, 1.54) is 16.7 Å². The minimum atomic E-state index is -0.0191. The SMILES string of the molecule is CC(C)(C)Cc1ccc2c(c1)CCN(C(=O)c1ncc[nH]1)C2. The van der Waals surface area contributed by atoms with Crippen LogP contribution in [0.3, 0.4) is 0 Å². The van der Waals surface area contributed by atoms with Crippen LogP contribution in [0, 0.1) is 5.41 Å². The number of amides is 1. The van der Waals surface area contributed by atoms with Crippen molar-refractivity contribution in [2.75, 3.05) is 6.54 Å². The minimum absolute atomic E-state index is 0.0191. The summed E-state index contributed by atoms with van der Waals surface area (Å²) in [5, 5.41) is 0. The van der Waals surface area contributed by atoms with Crippen LogP contribution < -0.4 is 0 Å². The fourth-order valence-electron chi connectivity index (χ4n) is 3.03. The predicted molar refractivity (Wildman–Crippen MR) is 86.6 cm³/mol. The van der Waals surface area contributed by atoms with Gasteiger partial charge in [-0.2, -0.15) is 0 Å². The topological polar surface area (TPSA) is 49.0 Å². The lowest BCUT2D eigenvalue weighted by atomic mass is 9.86. The average molecular weight is 297 g/mol. The molecular formula is C18H23N3O. The highest BCUT2D eigenvalue weighted by Gasteiger charge is 2.23. The van der Waals surface area contributed by atoms with Gasteiger partial charge in [-0.25, -0.2) is 4.98 Å². The summed E-state index contributed by atoms with van der Waals surface area (Å²) >= 11 is 0. The first-order chi connectivity index (χ1) is 10.4. The Hall–Kier alpha value is -2.10. The molecule has 0 spiro atoms. The number of hydrogen-bond acceptors (Lipinski definition) is 2. The second-order valence-electron chi connectivity index (χ2n) is 7.25. The third-order valence-corrected chi connectivity index (χ3v) is 4.01. The van der Waals surface area contributed by atoms with Gasteiger partial charge in [0.2, 0.25) is 0 Å². The second kappa shape index (κ2) is 5.59. The van der Waals surface area contributed by atoms with Crippen LogP contribution in [0.1, 0.15) is 48.1 Å². The molecule has 0 unspecified atom stereocenters. The van der Waals surface area contributed by atoms with Crippen LogP contribution in [0.5, 0.6) is 0 Å². The lowest BCUT2D eigenvalue weighted by Gasteiger charge is -2.29. The van der Waals surface area contributed by atoms with Crippen LogP contribution in [0.25, 0.3) is 0 Å². The van der Waals surface area contributed by atoms with Gasteiger partial charge in [-0.15, -0.1) is 0 Å². The standard InChI is InChI=1S/C18H23N3O/c1-18(2,3)11-13-4-5-15-12-21(9-6-14(15)10-13)17(22)16-19-7-8-20-16/h4-5,7-8,10H,6,9,11-12H2,1-3H3,(H,19,20). The number of H-pyrrole nitrogens is 1. The van der Waals surface area contributed by atoms with Crippen LogP contribution in [0.15, 0.2) is 30.6 Å². The molecule has 2 heterocycles. The van der Waals surface area contributed by atoms with Crippen molar-refractivity contribution < 1.29 is 4.79 Å². The number of aromatic amines is 1. The van der Waals surface area contributed by atoms with Gasteiger partial charge in [0.1, 0.15) is 0 Å². The summed E-state index contributed by atoms with van der Waals surface area (Å²) in [7, 11) is 0. The van der Waals surface area contributed by atoms with Crippen LogP contribution in [-0.2, 0) is 19.4 Å². The van der Waals surface area contributed by atoms with Crippen LogP contribution in [0.4, 0.5) is 0 Å². The van der Waals surface area contributed by atoms with Gasteiger partial charge in [-0.1, -0.05) is 39.0 Å². The molecule has 1 aromatic carbocycles. The maximum atomic E-state index is 12.4. The summed E-state index contributed by atoms with van der Waals surface area (Å²) in [6.45, 7) is 8.21. The fraction of sp³-hybridized carbons (Fsp3) is 0.444. The van der Waals surface area contributed by atoms with Crippen LogP contribution >= 0.6 is 0 Å². The molecule has 0 fully saturated rings. The van der Waals surface area contributed by atoms with Crippen molar-refractivity contribution in [2.24, 2.45) is 5.41 Å². The van der Waals surface area contributed by atoms with E-state index < -0.39 is 0 Å². The number of imidazole rings is 1. The highest BCUT2D eigenvalue weighted by molar-refractivity contribution is 5.90. The fourth-order valence-corrected chi connectivity index (χ4v) is 3.03. The first-order valence-electron chi connectivity index (χ1n) is 7.82. The van der Waals surface area contributed by atoms with E-state index in [4.69, 9.17) is 0 Å². The second-order valence-corrected chi connectivity index (χ2v) is 7.25. The van der Waals surface area contributed by atoms with Gasteiger partial charge in [0.25, 0.3) is 5.91 Å². The molecule has 22 heavy (non-hydrogen) atoms. The van der Waals surface area contributed by atoms with E-state index in [2.05, 4.69) is 48.9 Å². The Balaban J connectivity index is 1.75. The van der Waals surface area contributed by atoms with E-state index >= 15 is 0 Å². The Labute approximate surface area is 131 Å². The summed E-state index contributed by atoms with van der Waals surface area (Å²) in [5.41, 5.74) is 4.32. The van der Waals surface area contributed by atoms with E-state index in [0.717, 1.165) is 19.4 Å². The Morgan fingerprint density at radius 2 is 2.14 bits per heavy atom. The summed E-state index contributed by atoms with van der Waals surface area (Å²) in [5.74, 6) is 0.405. The quantitative estimate of drug-likeness (QED) is 0.925. The van der Waals surface area contributed by atoms with Crippen LogP contribution in [0.2, 0.25) is 0 Å². The van der Waals surface area contributed by atoms with Crippen molar-refractivity contribution in [3.8, 4) is 0 Å². The maximum absolute atomic E-state index is 12.4. The molecule has 1 aliphatic heterocycles. The number of carbonyl (C=O) groups is 1. The van der Waals surface area contributed by atoms with Crippen molar-refractivity contribution in [2.45, 2.75) is 40.2 Å². The van der Waals surface area contributed by atoms with Crippen LogP contribution in [-0.4, -0.2) is 27.3 Å². The summed E-state index contributed by atoms with van der Waals surface area (Å²) < 4.78 is 0. The third kappa shape index (κ3) is 3.21. The van der Waals surface area contributed by atoms with Gasteiger partial charge in [0, 0.05) is 25.5 Å². The molecule has 4 heteroatoms. The number of hydrogen-bond donors (Lipinski definition) is 1. The van der Waals surface area contributed by atoms with Crippen molar-refractivity contribution in [1.29, 1.82) is 0 Å². The number of carbonyl (C=O) groups excluding carboxylic acids is 1. The van der Waals surface area contributed by atoms with Crippen molar-refractivity contribution in [1.82, 2.24) is 14.9 Å². The van der Waals surface area contributed by atoms with Gasteiger partial charge < -0.3 is 9.88 Å². The number of rotatable bonds is 2. The zero-order chi connectivity index (χ0) is 15.7. The third-order valence-electron chi connectivity index (χ3n) is 4.01. The molecule has 2 aromatic rings. The molecule has 116 valence electrons. The van der Waals surface area contributed by atoms with Gasteiger partial charge in [0.15, 0.2) is 5.82 Å². The summed E-state index contributed by atoms with van der Waals surface area (Å²) in [6, 6.07) is 6.69. The molecule has 0 bridgehead atoms. The van der Waals surface area contributed by atoms with E-state index in [1.807, 2.05) is 4.90 Å². The number of aromatic nitrogens is 2. The molecule has 4 nitrogen and oxygen atoms in total. The molecule has 0 aliphatic carbocycles. The largest absolute Gasteiger partial charge is 0.341 e. The monoisotopic (exact) mass is 297 g/mol. The molecule has 0 saturated heterocycles. The predicted octanol–water partition coefficient (Wildman–Crippen LogP) is 3.20.